The monoisotopic (exact) mass is 244 g/mol. The molecule has 0 aromatic heterocycles. The molecule has 17 heavy (non-hydrogen) atoms. The maximum atomic E-state index is 5.89. The van der Waals surface area contributed by atoms with Crippen molar-refractivity contribution in [1.29, 1.82) is 0 Å². The molecule has 0 rings (SSSR count). The zero-order valence-corrected chi connectivity index (χ0v) is 12.1. The fourth-order valence-electron chi connectivity index (χ4n) is 2.18. The lowest BCUT2D eigenvalue weighted by atomic mass is 10.1. The second-order valence-electron chi connectivity index (χ2n) is 4.56. The summed E-state index contributed by atoms with van der Waals surface area (Å²) in [6.45, 7) is 11.0. The lowest BCUT2D eigenvalue weighted by Gasteiger charge is -2.29. The Morgan fingerprint density at radius 2 is 1.88 bits per heavy atom. The van der Waals surface area contributed by atoms with Gasteiger partial charge in [-0.3, -0.25) is 4.90 Å². The maximum absolute atomic E-state index is 5.89. The average molecular weight is 244 g/mol. The standard InChI is InChI=1S/C14H32N2O/c1-4-7-8-9-10-14(13-15)16(5-2)11-12-17-6-3/h14H,4-13,15H2,1-3H3. The molecule has 1 unspecified atom stereocenters. The van der Waals surface area contributed by atoms with Crippen molar-refractivity contribution in [2.75, 3.05) is 32.8 Å². The van der Waals surface area contributed by atoms with Gasteiger partial charge in [-0.05, 0) is 19.9 Å². The van der Waals surface area contributed by atoms with Gasteiger partial charge in [0.1, 0.15) is 0 Å². The van der Waals surface area contributed by atoms with Crippen molar-refractivity contribution in [1.82, 2.24) is 4.90 Å². The van der Waals surface area contributed by atoms with E-state index in [0.29, 0.717) is 6.04 Å². The summed E-state index contributed by atoms with van der Waals surface area (Å²) in [5.74, 6) is 0. The Balaban J connectivity index is 3.83. The van der Waals surface area contributed by atoms with Crippen LogP contribution in [0.2, 0.25) is 0 Å². The predicted octanol–water partition coefficient (Wildman–Crippen LogP) is 2.64. The van der Waals surface area contributed by atoms with Gasteiger partial charge in [-0.2, -0.15) is 0 Å². The first-order chi connectivity index (χ1) is 8.29. The van der Waals surface area contributed by atoms with E-state index in [0.717, 1.165) is 32.8 Å². The quantitative estimate of drug-likeness (QED) is 0.536. The highest BCUT2D eigenvalue weighted by Crippen LogP contribution is 2.10. The van der Waals surface area contributed by atoms with Crippen LogP contribution in [0.25, 0.3) is 0 Å². The number of nitrogens with zero attached hydrogens (tertiary/aromatic N) is 1. The van der Waals surface area contributed by atoms with Gasteiger partial charge in [-0.15, -0.1) is 0 Å². The summed E-state index contributed by atoms with van der Waals surface area (Å²) in [5, 5.41) is 0. The summed E-state index contributed by atoms with van der Waals surface area (Å²) < 4.78 is 5.42. The molecule has 0 heterocycles. The molecule has 0 spiro atoms. The van der Waals surface area contributed by atoms with Gasteiger partial charge in [-0.1, -0.05) is 39.5 Å². The van der Waals surface area contributed by atoms with Gasteiger partial charge >= 0.3 is 0 Å². The third-order valence-electron chi connectivity index (χ3n) is 3.31. The van der Waals surface area contributed by atoms with Crippen LogP contribution in [0.3, 0.4) is 0 Å². The third-order valence-corrected chi connectivity index (χ3v) is 3.31. The van der Waals surface area contributed by atoms with E-state index in [1.807, 2.05) is 6.92 Å². The molecule has 0 fully saturated rings. The molecule has 0 amide bonds. The molecule has 0 saturated heterocycles. The van der Waals surface area contributed by atoms with E-state index in [9.17, 15) is 0 Å². The van der Waals surface area contributed by atoms with Crippen LogP contribution in [0.1, 0.15) is 52.9 Å². The van der Waals surface area contributed by atoms with Crippen molar-refractivity contribution in [2.45, 2.75) is 58.9 Å². The first-order valence-electron chi connectivity index (χ1n) is 7.31. The van der Waals surface area contributed by atoms with Crippen LogP contribution in [0.15, 0.2) is 0 Å². The van der Waals surface area contributed by atoms with Crippen molar-refractivity contribution in [3.05, 3.63) is 0 Å². The van der Waals surface area contributed by atoms with Gasteiger partial charge in [0.25, 0.3) is 0 Å². The van der Waals surface area contributed by atoms with Crippen LogP contribution >= 0.6 is 0 Å². The highest BCUT2D eigenvalue weighted by atomic mass is 16.5. The van der Waals surface area contributed by atoms with Crippen LogP contribution in [-0.4, -0.2) is 43.8 Å². The number of ether oxygens (including phenoxy) is 1. The third kappa shape index (κ3) is 8.58. The van der Waals surface area contributed by atoms with Gasteiger partial charge in [0.2, 0.25) is 0 Å². The highest BCUT2D eigenvalue weighted by Gasteiger charge is 2.14. The molecular formula is C14H32N2O. The first kappa shape index (κ1) is 16.9. The SMILES string of the molecule is CCCCCCC(CN)N(CC)CCOCC. The molecule has 3 heteroatoms. The largest absolute Gasteiger partial charge is 0.380 e. The van der Waals surface area contributed by atoms with E-state index in [1.54, 1.807) is 0 Å². The summed E-state index contributed by atoms with van der Waals surface area (Å²) >= 11 is 0. The van der Waals surface area contributed by atoms with Crippen molar-refractivity contribution in [3.63, 3.8) is 0 Å². The van der Waals surface area contributed by atoms with E-state index >= 15 is 0 Å². The highest BCUT2D eigenvalue weighted by molar-refractivity contribution is 4.71. The van der Waals surface area contributed by atoms with Gasteiger partial charge in [0.15, 0.2) is 0 Å². The molecule has 2 N–H and O–H groups in total. The minimum absolute atomic E-state index is 0.539. The molecule has 0 aromatic carbocycles. The summed E-state index contributed by atoms with van der Waals surface area (Å²) in [7, 11) is 0. The molecular weight excluding hydrogens is 212 g/mol. The summed E-state index contributed by atoms with van der Waals surface area (Å²) in [6, 6.07) is 0.539. The first-order valence-corrected chi connectivity index (χ1v) is 7.31. The molecule has 0 aliphatic carbocycles. The predicted molar refractivity (Wildman–Crippen MR) is 75.3 cm³/mol. The fraction of sp³-hybridized carbons (Fsp3) is 1.00. The number of rotatable bonds is 12. The molecule has 0 aliphatic rings. The average Bonchev–Trinajstić information content (AvgIpc) is 2.36. The van der Waals surface area contributed by atoms with E-state index in [-0.39, 0.29) is 0 Å². The van der Waals surface area contributed by atoms with Gasteiger partial charge in [0.05, 0.1) is 6.61 Å². The number of hydrogen-bond acceptors (Lipinski definition) is 3. The second kappa shape index (κ2) is 12.3. The fourth-order valence-corrected chi connectivity index (χ4v) is 2.18. The number of nitrogens with two attached hydrogens (primary N) is 1. The molecule has 0 radical (unpaired) electrons. The summed E-state index contributed by atoms with van der Waals surface area (Å²) in [4.78, 5) is 2.46. The zero-order valence-electron chi connectivity index (χ0n) is 12.1. The van der Waals surface area contributed by atoms with Crippen LogP contribution in [0.4, 0.5) is 0 Å². The van der Waals surface area contributed by atoms with Crippen molar-refractivity contribution < 1.29 is 4.74 Å². The van der Waals surface area contributed by atoms with E-state index in [4.69, 9.17) is 10.5 Å². The van der Waals surface area contributed by atoms with Crippen molar-refractivity contribution >= 4 is 0 Å². The molecule has 0 aromatic rings. The smallest absolute Gasteiger partial charge is 0.0593 e. The molecule has 1 atom stereocenters. The Bertz CT molecular complexity index is 153. The molecule has 0 bridgehead atoms. The minimum Gasteiger partial charge on any atom is -0.380 e. The Hall–Kier alpha value is -0.120. The number of unbranched alkanes of at least 4 members (excludes halogenated alkanes) is 3. The topological polar surface area (TPSA) is 38.5 Å². The van der Waals surface area contributed by atoms with Gasteiger partial charge < -0.3 is 10.5 Å². The maximum Gasteiger partial charge on any atom is 0.0593 e. The van der Waals surface area contributed by atoms with Crippen molar-refractivity contribution in [2.24, 2.45) is 5.73 Å². The Kier molecular flexibility index (Phi) is 12.3. The van der Waals surface area contributed by atoms with E-state index in [1.165, 1.54) is 32.1 Å². The zero-order chi connectivity index (χ0) is 12.9. The molecule has 0 aliphatic heterocycles. The Labute approximate surface area is 108 Å². The number of likely N-dealkylation sites (N-methyl/N-ethyl adjacent to an activating group) is 1. The van der Waals surface area contributed by atoms with Crippen LogP contribution < -0.4 is 5.73 Å². The lowest BCUT2D eigenvalue weighted by Crippen LogP contribution is -2.42. The van der Waals surface area contributed by atoms with Crippen LogP contribution in [0, 0.1) is 0 Å². The number of hydrogen-bond donors (Lipinski definition) is 1. The van der Waals surface area contributed by atoms with Gasteiger partial charge in [-0.25, -0.2) is 0 Å². The van der Waals surface area contributed by atoms with Crippen LogP contribution in [0.5, 0.6) is 0 Å². The normalized spacial score (nSPS) is 13.2. The Morgan fingerprint density at radius 3 is 2.41 bits per heavy atom. The second-order valence-corrected chi connectivity index (χ2v) is 4.56. The molecule has 0 saturated carbocycles. The van der Waals surface area contributed by atoms with E-state index < -0.39 is 0 Å². The molecule has 3 nitrogen and oxygen atoms in total. The lowest BCUT2D eigenvalue weighted by molar-refractivity contribution is 0.0952. The van der Waals surface area contributed by atoms with Gasteiger partial charge in [0, 0.05) is 25.7 Å². The summed E-state index contributed by atoms with van der Waals surface area (Å²) in [6.07, 6.45) is 6.53. The van der Waals surface area contributed by atoms with E-state index in [2.05, 4.69) is 18.7 Å². The van der Waals surface area contributed by atoms with Crippen LogP contribution in [-0.2, 0) is 4.74 Å². The minimum atomic E-state index is 0.539. The Morgan fingerprint density at radius 1 is 1.12 bits per heavy atom. The summed E-state index contributed by atoms with van der Waals surface area (Å²) in [5.41, 5.74) is 5.89. The molecule has 104 valence electrons. The van der Waals surface area contributed by atoms with Crippen molar-refractivity contribution in [3.8, 4) is 0 Å².